The normalized spacial score (nSPS) is 8.72. The van der Waals surface area contributed by atoms with Crippen LogP contribution < -0.4 is 0 Å². The molecule has 0 aliphatic heterocycles. The summed E-state index contributed by atoms with van der Waals surface area (Å²) in [6.45, 7) is 0. The minimum atomic E-state index is -1.05. The first kappa shape index (κ1) is 27.5. The molecule has 0 heterocycles. The van der Waals surface area contributed by atoms with Crippen LogP contribution in [0.3, 0.4) is 0 Å². The van der Waals surface area contributed by atoms with Crippen molar-refractivity contribution in [2.75, 3.05) is 42.7 Å². The van der Waals surface area contributed by atoms with Crippen molar-refractivity contribution in [3.05, 3.63) is 0 Å². The van der Waals surface area contributed by atoms with Crippen molar-refractivity contribution in [3.63, 3.8) is 0 Å². The largest absolute Gasteiger partial charge is 0.525 e. The molecule has 0 aliphatic rings. The SMILES string of the molecule is COP(OC)OC.COP(OC)OC.O=[C-]Cl.[Rh]. The van der Waals surface area contributed by atoms with E-state index in [1.54, 1.807) is 42.7 Å². The Morgan fingerprint density at radius 2 is 0.833 bits per heavy atom. The summed E-state index contributed by atoms with van der Waals surface area (Å²) in [6, 6.07) is 0. The molecular formula is C7H18ClO7P2Rh-. The van der Waals surface area contributed by atoms with E-state index in [0.29, 0.717) is 0 Å². The number of hydrogen-bond acceptors (Lipinski definition) is 7. The Morgan fingerprint density at radius 3 is 0.833 bits per heavy atom. The molecule has 0 aromatic rings. The van der Waals surface area contributed by atoms with E-state index in [1.807, 2.05) is 0 Å². The van der Waals surface area contributed by atoms with E-state index < -0.39 is 17.2 Å². The average molecular weight is 415 g/mol. The Kier molecular flexibility index (Phi) is 40.8. The van der Waals surface area contributed by atoms with E-state index in [2.05, 4.69) is 38.7 Å². The van der Waals surface area contributed by atoms with Crippen LogP contribution in [0.1, 0.15) is 0 Å². The number of rotatable bonds is 6. The number of hydrogen-bond donors (Lipinski definition) is 0. The van der Waals surface area contributed by atoms with Gasteiger partial charge in [0.1, 0.15) is 0 Å². The molecule has 0 amide bonds. The van der Waals surface area contributed by atoms with Gasteiger partial charge >= 0.3 is 17.2 Å². The summed E-state index contributed by atoms with van der Waals surface area (Å²) in [7, 11) is 7.13. The van der Waals surface area contributed by atoms with Crippen LogP contribution in [0.25, 0.3) is 0 Å². The van der Waals surface area contributed by atoms with Gasteiger partial charge in [-0.1, -0.05) is 0 Å². The van der Waals surface area contributed by atoms with Gasteiger partial charge in [-0.05, 0) is 0 Å². The Labute approximate surface area is 128 Å². The van der Waals surface area contributed by atoms with E-state index in [0.717, 1.165) is 5.75 Å². The van der Waals surface area contributed by atoms with Crippen LogP contribution in [-0.2, 0) is 51.4 Å². The van der Waals surface area contributed by atoms with Crippen molar-refractivity contribution in [1.82, 2.24) is 0 Å². The summed E-state index contributed by atoms with van der Waals surface area (Å²) < 4.78 is 28.0. The maximum atomic E-state index is 8.45. The fourth-order valence-electron chi connectivity index (χ4n) is 0.447. The Hall–Kier alpha value is 1.20. The van der Waals surface area contributed by atoms with Gasteiger partial charge in [-0.15, -0.1) is 0 Å². The van der Waals surface area contributed by atoms with Gasteiger partial charge in [-0.3, -0.25) is 0 Å². The smallest absolute Gasteiger partial charge is 0.331 e. The van der Waals surface area contributed by atoms with Crippen molar-refractivity contribution < 1.29 is 51.4 Å². The fourth-order valence-corrected chi connectivity index (χ4v) is 1.34. The topological polar surface area (TPSA) is 72.5 Å². The zero-order chi connectivity index (χ0) is 14.1. The van der Waals surface area contributed by atoms with Gasteiger partial charge in [0.2, 0.25) is 0 Å². The van der Waals surface area contributed by atoms with E-state index in [9.17, 15) is 0 Å². The molecule has 0 N–H and O–H groups in total. The van der Waals surface area contributed by atoms with Crippen LogP contribution in [0.5, 0.6) is 0 Å². The van der Waals surface area contributed by atoms with Crippen LogP contribution in [0, 0.1) is 0 Å². The van der Waals surface area contributed by atoms with Crippen LogP contribution in [0.15, 0.2) is 0 Å². The molecule has 0 saturated heterocycles. The molecule has 18 heavy (non-hydrogen) atoms. The molecule has 0 saturated carbocycles. The number of carbonyl (C=O) groups excluding carboxylic acids is 1. The second-order valence-corrected chi connectivity index (χ2v) is 4.86. The maximum absolute atomic E-state index is 8.45. The second kappa shape index (κ2) is 26.7. The standard InChI is InChI=1S/2C3H9O3P.CClO.Rh/c2*1-4-7(5-2)6-3;2-1-3;/h2*1-3H3;;/q;;-1;. The predicted molar refractivity (Wildman–Crippen MR) is 67.4 cm³/mol. The molecular weight excluding hydrogens is 396 g/mol. The Morgan fingerprint density at radius 1 is 0.722 bits per heavy atom. The summed E-state index contributed by atoms with van der Waals surface area (Å²) in [4.78, 5) is 8.45. The van der Waals surface area contributed by atoms with Crippen LogP contribution >= 0.6 is 28.8 Å². The Balaban J connectivity index is -0.0000000857. The quantitative estimate of drug-likeness (QED) is 0.286. The third-order valence-electron chi connectivity index (χ3n) is 0.894. The molecule has 115 valence electrons. The number of halogens is 1. The van der Waals surface area contributed by atoms with E-state index in [1.165, 1.54) is 0 Å². The molecule has 11 heteroatoms. The second-order valence-electron chi connectivity index (χ2n) is 1.62. The molecule has 1 radical (unpaired) electrons. The third kappa shape index (κ3) is 25.9. The zero-order valence-electron chi connectivity index (χ0n) is 11.0. The van der Waals surface area contributed by atoms with Gasteiger partial charge in [0, 0.05) is 62.1 Å². The van der Waals surface area contributed by atoms with Crippen molar-refractivity contribution >= 4 is 34.6 Å². The fraction of sp³-hybridized carbons (Fsp3) is 0.857. The van der Waals surface area contributed by atoms with Crippen molar-refractivity contribution in [3.8, 4) is 0 Å². The van der Waals surface area contributed by atoms with E-state index in [-0.39, 0.29) is 19.5 Å². The predicted octanol–water partition coefficient (Wildman–Crippen LogP) is 2.59. The van der Waals surface area contributed by atoms with Crippen LogP contribution in [0.4, 0.5) is 0 Å². The maximum Gasteiger partial charge on any atom is 0.331 e. The van der Waals surface area contributed by atoms with Gasteiger partial charge in [-0.2, -0.15) is 5.75 Å². The first-order valence-electron chi connectivity index (χ1n) is 3.94. The van der Waals surface area contributed by atoms with Crippen LogP contribution in [-0.4, -0.2) is 48.4 Å². The molecule has 7 nitrogen and oxygen atoms in total. The van der Waals surface area contributed by atoms with Gasteiger partial charge in [-0.25, -0.2) is 0 Å². The van der Waals surface area contributed by atoms with Gasteiger partial charge < -0.3 is 43.5 Å². The molecule has 0 rings (SSSR count). The van der Waals surface area contributed by atoms with Crippen LogP contribution in [0.2, 0.25) is 0 Å². The summed E-state index contributed by atoms with van der Waals surface area (Å²) in [5.41, 5.74) is 0. The first-order valence-corrected chi connectivity index (χ1v) is 6.51. The zero-order valence-corrected chi connectivity index (χ0v) is 15.1. The minimum Gasteiger partial charge on any atom is -0.525 e. The van der Waals surface area contributed by atoms with E-state index >= 15 is 0 Å². The molecule has 0 spiro atoms. The van der Waals surface area contributed by atoms with Crippen molar-refractivity contribution in [1.29, 1.82) is 0 Å². The summed E-state index contributed by atoms with van der Waals surface area (Å²) in [5, 5.41) is 0. The minimum absolute atomic E-state index is 0. The molecule has 0 bridgehead atoms. The molecule has 0 atom stereocenters. The van der Waals surface area contributed by atoms with Gasteiger partial charge in [0.15, 0.2) is 0 Å². The average Bonchev–Trinajstić information content (AvgIpc) is 2.35. The van der Waals surface area contributed by atoms with Gasteiger partial charge in [0.05, 0.1) is 0 Å². The summed E-state index contributed by atoms with van der Waals surface area (Å²) in [5.74, 6) is 0.972. The van der Waals surface area contributed by atoms with E-state index in [4.69, 9.17) is 4.79 Å². The first-order chi connectivity index (χ1) is 8.11. The van der Waals surface area contributed by atoms with Gasteiger partial charge in [0.25, 0.3) is 0 Å². The summed E-state index contributed by atoms with van der Waals surface area (Å²) in [6.07, 6.45) is 0. The Bertz CT molecular complexity index is 118. The molecule has 0 unspecified atom stereocenters. The molecule has 0 aromatic heterocycles. The monoisotopic (exact) mass is 414 g/mol. The third-order valence-corrected chi connectivity index (χ3v) is 2.68. The molecule has 0 aliphatic carbocycles. The molecule has 0 fully saturated rings. The summed E-state index contributed by atoms with van der Waals surface area (Å²) >= 11 is 4.19. The van der Waals surface area contributed by atoms with Crippen molar-refractivity contribution in [2.45, 2.75) is 0 Å². The van der Waals surface area contributed by atoms with Crippen molar-refractivity contribution in [2.24, 2.45) is 0 Å². The molecule has 0 aromatic carbocycles.